The van der Waals surface area contributed by atoms with E-state index < -0.39 is 5.60 Å². The average Bonchev–Trinajstić information content (AvgIpc) is 3.06. The molecule has 0 saturated carbocycles. The van der Waals surface area contributed by atoms with Crippen LogP contribution < -0.4 is 0 Å². The van der Waals surface area contributed by atoms with Gasteiger partial charge < -0.3 is 9.67 Å². The Labute approximate surface area is 154 Å². The third kappa shape index (κ3) is 4.11. The lowest BCUT2D eigenvalue weighted by atomic mass is 9.95. The second kappa shape index (κ2) is 7.57. The number of aromatic nitrogens is 3. The number of hydrogen-bond donors (Lipinski definition) is 1. The van der Waals surface area contributed by atoms with Gasteiger partial charge in [-0.2, -0.15) is 0 Å². The van der Waals surface area contributed by atoms with Crippen molar-refractivity contribution in [2.24, 2.45) is 0 Å². The van der Waals surface area contributed by atoms with Crippen LogP contribution in [0, 0.1) is 0 Å². The van der Waals surface area contributed by atoms with Gasteiger partial charge in [0, 0.05) is 51.0 Å². The van der Waals surface area contributed by atoms with Gasteiger partial charge in [-0.15, -0.1) is 11.8 Å². The Bertz CT molecular complexity index is 799. The van der Waals surface area contributed by atoms with Gasteiger partial charge >= 0.3 is 0 Å². The highest BCUT2D eigenvalue weighted by Gasteiger charge is 2.32. The van der Waals surface area contributed by atoms with Gasteiger partial charge in [-0.1, -0.05) is 29.3 Å². The first-order valence-electron chi connectivity index (χ1n) is 7.23. The zero-order chi connectivity index (χ0) is 17.0. The molecule has 0 aliphatic heterocycles. The molecule has 0 bridgehead atoms. The largest absolute Gasteiger partial charge is 0.382 e. The third-order valence-electron chi connectivity index (χ3n) is 3.56. The van der Waals surface area contributed by atoms with Crippen molar-refractivity contribution in [1.82, 2.24) is 14.5 Å². The molecule has 1 unspecified atom stereocenters. The van der Waals surface area contributed by atoms with Crippen LogP contribution in [0.5, 0.6) is 0 Å². The zero-order valence-corrected chi connectivity index (χ0v) is 15.0. The van der Waals surface area contributed by atoms with Crippen molar-refractivity contribution in [3.63, 3.8) is 0 Å². The molecule has 4 nitrogen and oxygen atoms in total. The molecule has 3 aromatic rings. The molecule has 1 N–H and O–H groups in total. The Balaban J connectivity index is 1.90. The molecule has 0 aliphatic rings. The van der Waals surface area contributed by atoms with Crippen LogP contribution in [0.4, 0.5) is 0 Å². The molecule has 0 saturated heterocycles. The number of halogens is 2. The summed E-state index contributed by atoms with van der Waals surface area (Å²) < 4.78 is 1.83. The fraction of sp³-hybridized carbons (Fsp3) is 0.176. The van der Waals surface area contributed by atoms with Gasteiger partial charge in [-0.05, 0) is 24.3 Å². The van der Waals surface area contributed by atoms with Crippen LogP contribution in [0.2, 0.25) is 10.0 Å². The molecule has 24 heavy (non-hydrogen) atoms. The molecule has 0 fully saturated rings. The molecule has 0 amide bonds. The number of pyridine rings is 1. The van der Waals surface area contributed by atoms with Crippen LogP contribution in [0.1, 0.15) is 5.56 Å². The summed E-state index contributed by atoms with van der Waals surface area (Å²) in [5, 5.41) is 12.4. The normalized spacial score (nSPS) is 13.6. The highest BCUT2D eigenvalue weighted by Crippen LogP contribution is 2.36. The number of nitrogens with zero attached hydrogens (tertiary/aromatic N) is 3. The Kier molecular flexibility index (Phi) is 5.46. The van der Waals surface area contributed by atoms with Gasteiger partial charge in [0.05, 0.1) is 12.9 Å². The summed E-state index contributed by atoms with van der Waals surface area (Å²) in [6.45, 7) is 0.340. The second-order valence-electron chi connectivity index (χ2n) is 5.36. The lowest BCUT2D eigenvalue weighted by molar-refractivity contribution is 0.0435. The van der Waals surface area contributed by atoms with Crippen molar-refractivity contribution in [2.75, 3.05) is 5.75 Å². The predicted molar refractivity (Wildman–Crippen MR) is 97.5 cm³/mol. The fourth-order valence-electron chi connectivity index (χ4n) is 2.39. The van der Waals surface area contributed by atoms with Crippen LogP contribution in [-0.2, 0) is 12.1 Å². The van der Waals surface area contributed by atoms with E-state index >= 15 is 0 Å². The van der Waals surface area contributed by atoms with E-state index in [2.05, 4.69) is 9.97 Å². The minimum Gasteiger partial charge on any atom is -0.382 e. The van der Waals surface area contributed by atoms with Crippen LogP contribution in [-0.4, -0.2) is 25.4 Å². The summed E-state index contributed by atoms with van der Waals surface area (Å²) in [5.41, 5.74) is -0.528. The molecule has 7 heteroatoms. The van der Waals surface area contributed by atoms with E-state index in [1.165, 1.54) is 0 Å². The van der Waals surface area contributed by atoms with E-state index in [9.17, 15) is 5.11 Å². The summed E-state index contributed by atoms with van der Waals surface area (Å²) >= 11 is 13.9. The number of aliphatic hydroxyl groups is 1. The molecule has 1 atom stereocenters. The first kappa shape index (κ1) is 17.3. The average molecular weight is 380 g/mol. The van der Waals surface area contributed by atoms with E-state index in [1.54, 1.807) is 54.9 Å². The van der Waals surface area contributed by atoms with E-state index in [1.807, 2.05) is 22.9 Å². The van der Waals surface area contributed by atoms with Crippen LogP contribution >= 0.6 is 35.0 Å². The number of thioether (sulfide) groups is 1. The summed E-state index contributed by atoms with van der Waals surface area (Å²) in [6, 6.07) is 8.97. The molecule has 0 aliphatic carbocycles. The first-order valence-corrected chi connectivity index (χ1v) is 8.97. The summed E-state index contributed by atoms with van der Waals surface area (Å²) in [6.07, 6.45) is 8.62. The Morgan fingerprint density at radius 1 is 1.08 bits per heavy atom. The molecule has 2 aromatic heterocycles. The van der Waals surface area contributed by atoms with Crippen LogP contribution in [0.15, 0.2) is 66.3 Å². The number of benzene rings is 1. The molecule has 124 valence electrons. The van der Waals surface area contributed by atoms with Gasteiger partial charge in [0.1, 0.15) is 5.60 Å². The first-order chi connectivity index (χ1) is 11.6. The Hall–Kier alpha value is -1.53. The zero-order valence-electron chi connectivity index (χ0n) is 12.6. The molecule has 2 heterocycles. The summed E-state index contributed by atoms with van der Waals surface area (Å²) in [7, 11) is 0. The van der Waals surface area contributed by atoms with Gasteiger partial charge in [-0.3, -0.25) is 4.98 Å². The standard InChI is InChI=1S/C17H15Cl2N3OS/c18-13-1-2-15(16(19)9-13)17(23,10-22-8-7-21-12-22)11-24-14-3-5-20-6-4-14/h1-9,12,23H,10-11H2. The van der Waals surface area contributed by atoms with Crippen molar-refractivity contribution in [2.45, 2.75) is 17.0 Å². The Morgan fingerprint density at radius 2 is 1.88 bits per heavy atom. The highest BCUT2D eigenvalue weighted by atomic mass is 35.5. The minimum absolute atomic E-state index is 0.340. The van der Waals surface area contributed by atoms with E-state index in [0.29, 0.717) is 27.9 Å². The van der Waals surface area contributed by atoms with E-state index in [4.69, 9.17) is 23.2 Å². The SMILES string of the molecule is OC(CSc1ccncc1)(Cn1ccnc1)c1ccc(Cl)cc1Cl. The fourth-order valence-corrected chi connectivity index (χ4v) is 3.95. The van der Waals surface area contributed by atoms with Crippen LogP contribution in [0.25, 0.3) is 0 Å². The quantitative estimate of drug-likeness (QED) is 0.649. The van der Waals surface area contributed by atoms with Gasteiger partial charge in [-0.25, -0.2) is 4.98 Å². The third-order valence-corrected chi connectivity index (χ3v) is 5.34. The summed E-state index contributed by atoms with van der Waals surface area (Å²) in [5.74, 6) is 0.427. The highest BCUT2D eigenvalue weighted by molar-refractivity contribution is 7.99. The topological polar surface area (TPSA) is 50.9 Å². The van der Waals surface area contributed by atoms with Crippen molar-refractivity contribution in [3.05, 3.63) is 77.1 Å². The maximum Gasteiger partial charge on any atom is 0.118 e. The second-order valence-corrected chi connectivity index (χ2v) is 7.25. The molecular weight excluding hydrogens is 365 g/mol. The van der Waals surface area contributed by atoms with Gasteiger partial charge in [0.15, 0.2) is 0 Å². The van der Waals surface area contributed by atoms with Crippen molar-refractivity contribution in [1.29, 1.82) is 0 Å². The van der Waals surface area contributed by atoms with Crippen molar-refractivity contribution >= 4 is 35.0 Å². The lowest BCUT2D eigenvalue weighted by Gasteiger charge is -2.30. The van der Waals surface area contributed by atoms with E-state index in [-0.39, 0.29) is 0 Å². The molecule has 1 aromatic carbocycles. The maximum atomic E-state index is 11.4. The minimum atomic E-state index is -1.17. The molecule has 0 spiro atoms. The molecule has 3 rings (SSSR count). The van der Waals surface area contributed by atoms with Crippen LogP contribution in [0.3, 0.4) is 0 Å². The molecular formula is C17H15Cl2N3OS. The smallest absolute Gasteiger partial charge is 0.118 e. The Morgan fingerprint density at radius 3 is 2.54 bits per heavy atom. The number of imidazole rings is 1. The van der Waals surface area contributed by atoms with Crippen molar-refractivity contribution in [3.8, 4) is 0 Å². The van der Waals surface area contributed by atoms with Gasteiger partial charge in [0.2, 0.25) is 0 Å². The number of rotatable bonds is 6. The number of hydrogen-bond acceptors (Lipinski definition) is 4. The monoisotopic (exact) mass is 379 g/mol. The lowest BCUT2D eigenvalue weighted by Crippen LogP contribution is -2.34. The predicted octanol–water partition coefficient (Wildman–Crippen LogP) is 4.27. The van der Waals surface area contributed by atoms with Gasteiger partial charge in [0.25, 0.3) is 0 Å². The van der Waals surface area contributed by atoms with E-state index in [0.717, 1.165) is 4.90 Å². The van der Waals surface area contributed by atoms with Crippen molar-refractivity contribution < 1.29 is 5.11 Å². The molecule has 0 radical (unpaired) electrons. The maximum absolute atomic E-state index is 11.4. The summed E-state index contributed by atoms with van der Waals surface area (Å²) in [4.78, 5) is 9.07.